The fraction of sp³-hybridized carbons (Fsp3) is 0.143. The van der Waals surface area contributed by atoms with Gasteiger partial charge in [-0.05, 0) is 59.0 Å². The van der Waals surface area contributed by atoms with E-state index in [-0.39, 0.29) is 40.5 Å². The van der Waals surface area contributed by atoms with E-state index in [1.807, 2.05) is 0 Å². The number of aromatic carboxylic acids is 1. The van der Waals surface area contributed by atoms with E-state index >= 15 is 0 Å². The first kappa shape index (κ1) is 26.6. The zero-order chi connectivity index (χ0) is 27.6. The van der Waals surface area contributed by atoms with Crippen LogP contribution in [0.25, 0.3) is 10.8 Å². The van der Waals surface area contributed by atoms with Gasteiger partial charge in [-0.15, -0.1) is 0 Å². The summed E-state index contributed by atoms with van der Waals surface area (Å²) in [6.07, 6.45) is 0.156. The fourth-order valence-corrected chi connectivity index (χ4v) is 4.87. The molecule has 4 aromatic carbocycles. The Hall–Kier alpha value is -4.41. The quantitative estimate of drug-likeness (QED) is 0.270. The van der Waals surface area contributed by atoms with Gasteiger partial charge in [-0.1, -0.05) is 30.3 Å². The van der Waals surface area contributed by atoms with Crippen LogP contribution in [0.15, 0.2) is 77.7 Å². The number of benzene rings is 4. The van der Waals surface area contributed by atoms with Crippen LogP contribution >= 0.6 is 0 Å². The number of rotatable bonds is 8. The zero-order valence-electron chi connectivity index (χ0n) is 20.7. The van der Waals surface area contributed by atoms with Crippen LogP contribution in [0.5, 0.6) is 11.5 Å². The second-order valence-corrected chi connectivity index (χ2v) is 11.1. The molecule has 0 radical (unpaired) electrons. The van der Waals surface area contributed by atoms with Gasteiger partial charge in [0.2, 0.25) is 10.0 Å². The second kappa shape index (κ2) is 10.5. The molecule has 0 unspecified atom stereocenters. The number of hydrogen-bond acceptors (Lipinski definition) is 6. The summed E-state index contributed by atoms with van der Waals surface area (Å²) in [7, 11) is -0.640. The van der Waals surface area contributed by atoms with Crippen LogP contribution in [0.1, 0.15) is 37.4 Å². The summed E-state index contributed by atoms with van der Waals surface area (Å²) in [6.45, 7) is 0.165. The van der Waals surface area contributed by atoms with Gasteiger partial charge in [0.15, 0.2) is 0 Å². The third-order valence-electron chi connectivity index (χ3n) is 6.19. The summed E-state index contributed by atoms with van der Waals surface area (Å²) in [4.78, 5) is 24.1. The molecule has 0 heterocycles. The number of hydrogen-bond donors (Lipinski definition) is 4. The van der Waals surface area contributed by atoms with Crippen molar-refractivity contribution in [3.05, 3.63) is 101 Å². The highest BCUT2D eigenvalue weighted by Crippen LogP contribution is 2.37. The Kier molecular flexibility index (Phi) is 7.38. The Morgan fingerprint density at radius 3 is 2.05 bits per heavy atom. The highest BCUT2D eigenvalue weighted by Gasteiger charge is 2.18. The van der Waals surface area contributed by atoms with Crippen molar-refractivity contribution in [1.82, 2.24) is 9.62 Å². The van der Waals surface area contributed by atoms with Crippen LogP contribution in [0.2, 0.25) is 0 Å². The van der Waals surface area contributed by atoms with Crippen LogP contribution in [-0.2, 0) is 23.0 Å². The maximum absolute atomic E-state index is 12.8. The van der Waals surface area contributed by atoms with E-state index in [0.29, 0.717) is 27.5 Å². The van der Waals surface area contributed by atoms with E-state index in [0.717, 1.165) is 4.31 Å². The summed E-state index contributed by atoms with van der Waals surface area (Å²) in [5.74, 6) is -1.73. The maximum atomic E-state index is 12.8. The van der Waals surface area contributed by atoms with E-state index in [4.69, 9.17) is 5.11 Å². The zero-order valence-corrected chi connectivity index (χ0v) is 21.5. The Morgan fingerprint density at radius 2 is 1.45 bits per heavy atom. The Balaban J connectivity index is 1.53. The minimum absolute atomic E-state index is 0.116. The number of nitrogens with zero attached hydrogens (tertiary/aromatic N) is 1. The molecular formula is C28H26N2O7S. The SMILES string of the molecule is CN(C)S(=O)(=O)c1ccc(CNC(=O)c2ccc3cc(O)c(Cc4ccc(C(=O)O)cc4)c(O)c3c2)cc1. The molecule has 0 aliphatic heterocycles. The topological polar surface area (TPSA) is 144 Å². The lowest BCUT2D eigenvalue weighted by molar-refractivity contribution is 0.0696. The van der Waals surface area contributed by atoms with E-state index in [1.165, 1.54) is 50.5 Å². The molecule has 9 nitrogen and oxygen atoms in total. The van der Waals surface area contributed by atoms with Gasteiger partial charge < -0.3 is 20.6 Å². The lowest BCUT2D eigenvalue weighted by atomic mass is 9.96. The predicted octanol–water partition coefficient (Wildman–Crippen LogP) is 3.72. The molecule has 0 spiro atoms. The lowest BCUT2D eigenvalue weighted by Crippen LogP contribution is -2.23. The fourth-order valence-electron chi connectivity index (χ4n) is 3.96. The van der Waals surface area contributed by atoms with E-state index in [2.05, 4.69) is 5.32 Å². The van der Waals surface area contributed by atoms with Gasteiger partial charge in [-0.25, -0.2) is 17.5 Å². The summed E-state index contributed by atoms with van der Waals surface area (Å²) in [6, 6.07) is 18.6. The van der Waals surface area contributed by atoms with Crippen molar-refractivity contribution < 1.29 is 33.3 Å². The normalized spacial score (nSPS) is 11.6. The molecule has 4 rings (SSSR count). The molecule has 0 aliphatic rings. The lowest BCUT2D eigenvalue weighted by Gasteiger charge is -2.13. The van der Waals surface area contributed by atoms with Crippen molar-refractivity contribution in [1.29, 1.82) is 0 Å². The number of amides is 1. The first-order valence-corrected chi connectivity index (χ1v) is 13.0. The molecule has 196 valence electrons. The van der Waals surface area contributed by atoms with Crippen molar-refractivity contribution in [3.63, 3.8) is 0 Å². The van der Waals surface area contributed by atoms with Gasteiger partial charge in [0.1, 0.15) is 11.5 Å². The van der Waals surface area contributed by atoms with Crippen LogP contribution in [0.4, 0.5) is 0 Å². The molecule has 4 N–H and O–H groups in total. The monoisotopic (exact) mass is 534 g/mol. The minimum atomic E-state index is -3.54. The van der Waals surface area contributed by atoms with Gasteiger partial charge >= 0.3 is 5.97 Å². The summed E-state index contributed by atoms with van der Waals surface area (Å²) in [5, 5.41) is 34.2. The van der Waals surface area contributed by atoms with Gasteiger partial charge in [0.25, 0.3) is 5.91 Å². The van der Waals surface area contributed by atoms with Crippen LogP contribution < -0.4 is 5.32 Å². The van der Waals surface area contributed by atoms with Gasteiger partial charge in [0.05, 0.1) is 10.5 Å². The number of carbonyl (C=O) groups is 2. The first-order valence-electron chi connectivity index (χ1n) is 11.6. The molecule has 0 atom stereocenters. The molecule has 10 heteroatoms. The Bertz CT molecular complexity index is 1630. The van der Waals surface area contributed by atoms with Gasteiger partial charge in [0, 0.05) is 43.6 Å². The smallest absolute Gasteiger partial charge is 0.335 e. The third-order valence-corrected chi connectivity index (χ3v) is 8.02. The molecule has 4 aromatic rings. The van der Waals surface area contributed by atoms with Crippen molar-refractivity contribution >= 4 is 32.7 Å². The molecule has 0 aromatic heterocycles. The minimum Gasteiger partial charge on any atom is -0.507 e. The first-order chi connectivity index (χ1) is 18.0. The van der Waals surface area contributed by atoms with Crippen LogP contribution in [0.3, 0.4) is 0 Å². The molecule has 0 aliphatic carbocycles. The van der Waals surface area contributed by atoms with E-state index < -0.39 is 21.9 Å². The molecule has 0 saturated carbocycles. The molecule has 38 heavy (non-hydrogen) atoms. The van der Waals surface area contributed by atoms with Crippen molar-refractivity contribution in [3.8, 4) is 11.5 Å². The maximum Gasteiger partial charge on any atom is 0.335 e. The van der Waals surface area contributed by atoms with Crippen molar-refractivity contribution in [2.24, 2.45) is 0 Å². The van der Waals surface area contributed by atoms with Gasteiger partial charge in [-0.2, -0.15) is 0 Å². The largest absolute Gasteiger partial charge is 0.507 e. The predicted molar refractivity (Wildman–Crippen MR) is 142 cm³/mol. The average Bonchev–Trinajstić information content (AvgIpc) is 2.90. The van der Waals surface area contributed by atoms with Crippen LogP contribution in [0, 0.1) is 0 Å². The molecule has 0 bridgehead atoms. The van der Waals surface area contributed by atoms with E-state index in [9.17, 15) is 28.2 Å². The summed E-state index contributed by atoms with van der Waals surface area (Å²) < 4.78 is 25.6. The number of phenolic OH excluding ortho intramolecular Hbond substituents is 2. The number of fused-ring (bicyclic) bond motifs is 1. The third kappa shape index (κ3) is 5.46. The molecule has 0 saturated heterocycles. The number of carboxylic acid groups (broad SMARTS) is 1. The number of aromatic hydroxyl groups is 2. The van der Waals surface area contributed by atoms with Crippen molar-refractivity contribution in [2.45, 2.75) is 17.9 Å². The highest BCUT2D eigenvalue weighted by atomic mass is 32.2. The highest BCUT2D eigenvalue weighted by molar-refractivity contribution is 7.89. The number of carboxylic acids is 1. The Labute approximate surface area is 219 Å². The number of phenols is 2. The van der Waals surface area contributed by atoms with Crippen molar-refractivity contribution in [2.75, 3.05) is 14.1 Å². The second-order valence-electron chi connectivity index (χ2n) is 8.95. The molecule has 0 fully saturated rings. The summed E-state index contributed by atoms with van der Waals surface area (Å²) in [5.41, 5.74) is 2.08. The standard InChI is InChI=1S/C28H26N2O7S/c1-30(2)38(36,37)22-11-5-18(6-12-22)16-29-27(33)21-10-9-20-15-25(31)24(26(32)23(20)14-21)13-17-3-7-19(8-4-17)28(34)35/h3-12,14-15,31-32H,13,16H2,1-2H3,(H,29,33)(H,34,35). The van der Waals surface area contributed by atoms with Crippen LogP contribution in [-0.4, -0.2) is 54.0 Å². The number of nitrogens with one attached hydrogen (secondary N) is 1. The van der Waals surface area contributed by atoms with Gasteiger partial charge in [-0.3, -0.25) is 4.79 Å². The molecule has 1 amide bonds. The molecular weight excluding hydrogens is 508 g/mol. The van der Waals surface area contributed by atoms with E-state index in [1.54, 1.807) is 36.4 Å². The number of carbonyl (C=O) groups excluding carboxylic acids is 1. The average molecular weight is 535 g/mol. The number of sulfonamides is 1. The summed E-state index contributed by atoms with van der Waals surface area (Å²) >= 11 is 0. The Morgan fingerprint density at radius 1 is 0.842 bits per heavy atom.